The lowest BCUT2D eigenvalue weighted by atomic mass is 10.1. The lowest BCUT2D eigenvalue weighted by Gasteiger charge is -2.19. The molecule has 1 unspecified atom stereocenters. The average Bonchev–Trinajstić information content (AvgIpc) is 3.43. The fourth-order valence-electron chi connectivity index (χ4n) is 4.14. The van der Waals surface area contributed by atoms with Gasteiger partial charge in [0.1, 0.15) is 0 Å². The molecule has 1 N–H and O–H groups in total. The van der Waals surface area contributed by atoms with Crippen LogP contribution in [0.25, 0.3) is 16.9 Å². The van der Waals surface area contributed by atoms with Gasteiger partial charge >= 0.3 is 12.1 Å². The van der Waals surface area contributed by atoms with E-state index in [1.807, 2.05) is 36.4 Å². The van der Waals surface area contributed by atoms with Gasteiger partial charge in [-0.3, -0.25) is 4.79 Å². The first kappa shape index (κ1) is 27.7. The smallest absolute Gasteiger partial charge is 0.417 e. The van der Waals surface area contributed by atoms with Crippen molar-refractivity contribution in [3.05, 3.63) is 137 Å². The Morgan fingerprint density at radius 1 is 0.829 bits per heavy atom. The molecule has 10 heteroatoms. The van der Waals surface area contributed by atoms with Crippen molar-refractivity contribution >= 4 is 29.2 Å². The maximum atomic E-state index is 13.6. The maximum Gasteiger partial charge on any atom is 0.417 e. The molecule has 0 radical (unpaired) electrons. The molecule has 41 heavy (non-hydrogen) atoms. The number of hydrogen-bond donors (Lipinski definition) is 1. The standard InChI is InChI=1S/C31H21ClF3N3O3/c32-25-17-16-22(18-24(25)31(33,34)35)36-29(39)28(21-12-6-2-7-13-21)41-30(40)27-19-26(20-10-4-1-5-11-20)37-38(27)23-14-8-3-9-15-23/h1-19,28H,(H,36,39). The number of amides is 1. The van der Waals surface area contributed by atoms with Gasteiger partial charge in [-0.05, 0) is 36.4 Å². The SMILES string of the molecule is O=C(OC(C(=O)Nc1ccc(Cl)c(C(F)(F)F)c1)c1ccccc1)c1cc(-c2ccccc2)nn1-c1ccccc1. The summed E-state index contributed by atoms with van der Waals surface area (Å²) in [5.41, 5.74) is 0.949. The van der Waals surface area contributed by atoms with Gasteiger partial charge in [-0.2, -0.15) is 18.3 Å². The molecule has 1 heterocycles. The first-order valence-electron chi connectivity index (χ1n) is 12.3. The molecular weight excluding hydrogens is 555 g/mol. The predicted octanol–water partition coefficient (Wildman–Crippen LogP) is 7.75. The van der Waals surface area contributed by atoms with Gasteiger partial charge in [-0.1, -0.05) is 90.5 Å². The van der Waals surface area contributed by atoms with E-state index in [9.17, 15) is 22.8 Å². The molecule has 4 aromatic carbocycles. The fraction of sp³-hybridized carbons (Fsp3) is 0.0645. The van der Waals surface area contributed by atoms with Crippen molar-refractivity contribution in [2.24, 2.45) is 0 Å². The minimum Gasteiger partial charge on any atom is -0.443 e. The van der Waals surface area contributed by atoms with E-state index < -0.39 is 34.7 Å². The Balaban J connectivity index is 1.49. The Morgan fingerprint density at radius 2 is 1.44 bits per heavy atom. The van der Waals surface area contributed by atoms with Gasteiger partial charge < -0.3 is 10.1 Å². The van der Waals surface area contributed by atoms with Crippen molar-refractivity contribution in [1.82, 2.24) is 9.78 Å². The molecule has 0 fully saturated rings. The third-order valence-electron chi connectivity index (χ3n) is 6.09. The zero-order valence-corrected chi connectivity index (χ0v) is 21.9. The number of hydrogen-bond acceptors (Lipinski definition) is 4. The highest BCUT2D eigenvalue weighted by molar-refractivity contribution is 6.31. The van der Waals surface area contributed by atoms with E-state index in [1.165, 1.54) is 10.7 Å². The fourth-order valence-corrected chi connectivity index (χ4v) is 4.36. The number of esters is 1. The number of ether oxygens (including phenoxy) is 1. The molecule has 0 saturated carbocycles. The summed E-state index contributed by atoms with van der Waals surface area (Å²) in [6.45, 7) is 0. The molecule has 0 spiro atoms. The molecule has 0 aliphatic rings. The first-order chi connectivity index (χ1) is 19.7. The first-order valence-corrected chi connectivity index (χ1v) is 12.7. The number of nitrogens with one attached hydrogen (secondary N) is 1. The van der Waals surface area contributed by atoms with Gasteiger partial charge in [-0.15, -0.1) is 0 Å². The summed E-state index contributed by atoms with van der Waals surface area (Å²) in [4.78, 5) is 27.0. The van der Waals surface area contributed by atoms with Gasteiger partial charge in [0.15, 0.2) is 5.69 Å². The summed E-state index contributed by atoms with van der Waals surface area (Å²) < 4.78 is 47.3. The number of nitrogens with zero attached hydrogens (tertiary/aromatic N) is 2. The highest BCUT2D eigenvalue weighted by atomic mass is 35.5. The molecule has 0 saturated heterocycles. The summed E-state index contributed by atoms with van der Waals surface area (Å²) >= 11 is 5.71. The number of carbonyl (C=O) groups excluding carboxylic acids is 2. The summed E-state index contributed by atoms with van der Waals surface area (Å²) in [5, 5.41) is 6.51. The second kappa shape index (κ2) is 11.7. The molecular formula is C31H21ClF3N3O3. The zero-order chi connectivity index (χ0) is 29.0. The number of halogens is 4. The van der Waals surface area contributed by atoms with Crippen LogP contribution in [0.5, 0.6) is 0 Å². The van der Waals surface area contributed by atoms with Crippen molar-refractivity contribution in [1.29, 1.82) is 0 Å². The predicted molar refractivity (Wildman–Crippen MR) is 149 cm³/mol. The van der Waals surface area contributed by atoms with Crippen LogP contribution in [-0.2, 0) is 15.7 Å². The number of para-hydroxylation sites is 1. The van der Waals surface area contributed by atoms with Gasteiger partial charge in [0.05, 0.1) is 22.0 Å². The lowest BCUT2D eigenvalue weighted by Crippen LogP contribution is -2.27. The van der Waals surface area contributed by atoms with E-state index in [4.69, 9.17) is 16.3 Å². The Bertz CT molecular complexity index is 1680. The summed E-state index contributed by atoms with van der Waals surface area (Å²) in [6, 6.07) is 30.8. The van der Waals surface area contributed by atoms with Crippen LogP contribution in [0.15, 0.2) is 115 Å². The van der Waals surface area contributed by atoms with Crippen molar-refractivity contribution in [3.8, 4) is 16.9 Å². The number of benzene rings is 4. The van der Waals surface area contributed by atoms with Crippen LogP contribution in [0.4, 0.5) is 18.9 Å². The largest absolute Gasteiger partial charge is 0.443 e. The molecule has 5 rings (SSSR count). The molecule has 1 aromatic heterocycles. The van der Waals surface area contributed by atoms with Crippen molar-refractivity contribution in [2.45, 2.75) is 12.3 Å². The van der Waals surface area contributed by atoms with E-state index in [-0.39, 0.29) is 11.4 Å². The van der Waals surface area contributed by atoms with E-state index in [1.54, 1.807) is 60.7 Å². The van der Waals surface area contributed by atoms with Crippen LogP contribution in [0.3, 0.4) is 0 Å². The molecule has 206 valence electrons. The van der Waals surface area contributed by atoms with Crippen molar-refractivity contribution < 1.29 is 27.5 Å². The second-order valence-electron chi connectivity index (χ2n) is 8.91. The van der Waals surface area contributed by atoms with E-state index >= 15 is 0 Å². The normalized spacial score (nSPS) is 12.0. The maximum absolute atomic E-state index is 13.6. The van der Waals surface area contributed by atoms with Crippen LogP contribution in [0, 0.1) is 0 Å². The number of anilines is 1. The van der Waals surface area contributed by atoms with Gasteiger partial charge in [0.25, 0.3) is 5.91 Å². The highest BCUT2D eigenvalue weighted by Crippen LogP contribution is 2.36. The third-order valence-corrected chi connectivity index (χ3v) is 6.42. The minimum absolute atomic E-state index is 0.0506. The van der Waals surface area contributed by atoms with Crippen LogP contribution in [0.2, 0.25) is 5.02 Å². The molecule has 0 bridgehead atoms. The molecule has 1 amide bonds. The number of carbonyl (C=O) groups is 2. The average molecular weight is 576 g/mol. The van der Waals surface area contributed by atoms with E-state index in [2.05, 4.69) is 10.4 Å². The van der Waals surface area contributed by atoms with Gasteiger partial charge in [0, 0.05) is 16.8 Å². The Morgan fingerprint density at radius 3 is 2.07 bits per heavy atom. The number of aromatic nitrogens is 2. The minimum atomic E-state index is -4.73. The second-order valence-corrected chi connectivity index (χ2v) is 9.31. The monoisotopic (exact) mass is 575 g/mol. The molecule has 0 aliphatic carbocycles. The molecule has 6 nitrogen and oxygen atoms in total. The summed E-state index contributed by atoms with van der Waals surface area (Å²) in [7, 11) is 0. The van der Waals surface area contributed by atoms with Crippen LogP contribution >= 0.6 is 11.6 Å². The quantitative estimate of drug-likeness (QED) is 0.201. The van der Waals surface area contributed by atoms with Crippen LogP contribution < -0.4 is 5.32 Å². The van der Waals surface area contributed by atoms with Gasteiger partial charge in [-0.25, -0.2) is 9.48 Å². The van der Waals surface area contributed by atoms with Crippen LogP contribution in [0.1, 0.15) is 27.7 Å². The highest BCUT2D eigenvalue weighted by Gasteiger charge is 2.34. The molecule has 0 aliphatic heterocycles. The lowest BCUT2D eigenvalue weighted by molar-refractivity contribution is -0.137. The van der Waals surface area contributed by atoms with E-state index in [0.29, 0.717) is 16.9 Å². The molecule has 5 aromatic rings. The van der Waals surface area contributed by atoms with Crippen molar-refractivity contribution in [3.63, 3.8) is 0 Å². The Kier molecular flexibility index (Phi) is 7.89. The Labute approximate surface area is 238 Å². The third kappa shape index (κ3) is 6.31. The number of rotatable bonds is 7. The van der Waals surface area contributed by atoms with Crippen molar-refractivity contribution in [2.75, 3.05) is 5.32 Å². The van der Waals surface area contributed by atoms with Crippen LogP contribution in [-0.4, -0.2) is 21.7 Å². The van der Waals surface area contributed by atoms with E-state index in [0.717, 1.165) is 17.7 Å². The number of alkyl halides is 3. The molecule has 1 atom stereocenters. The van der Waals surface area contributed by atoms with Gasteiger partial charge in [0.2, 0.25) is 6.10 Å². The zero-order valence-electron chi connectivity index (χ0n) is 21.2. The summed E-state index contributed by atoms with van der Waals surface area (Å²) in [6.07, 6.45) is -6.22. The topological polar surface area (TPSA) is 73.2 Å². The summed E-state index contributed by atoms with van der Waals surface area (Å²) in [5.74, 6) is -1.71. The Hall–Kier alpha value is -4.89.